The molecular weight excluding hydrogens is 338 g/mol. The lowest BCUT2D eigenvalue weighted by atomic mass is 10.1. The molecule has 0 bridgehead atoms. The van der Waals surface area contributed by atoms with Gasteiger partial charge in [0.05, 0.1) is 12.8 Å². The van der Waals surface area contributed by atoms with Crippen molar-refractivity contribution >= 4 is 11.6 Å². The van der Waals surface area contributed by atoms with Crippen LogP contribution in [0, 0.1) is 0 Å². The molecule has 1 amide bonds. The maximum absolute atomic E-state index is 11.9. The van der Waals surface area contributed by atoms with Crippen LogP contribution in [-0.2, 0) is 6.54 Å². The van der Waals surface area contributed by atoms with Gasteiger partial charge in [-0.1, -0.05) is 30.3 Å². The van der Waals surface area contributed by atoms with Crippen LogP contribution < -0.4 is 15.0 Å². The van der Waals surface area contributed by atoms with Gasteiger partial charge in [0, 0.05) is 44.8 Å². The van der Waals surface area contributed by atoms with E-state index in [-0.39, 0.29) is 5.91 Å². The van der Waals surface area contributed by atoms with E-state index >= 15 is 0 Å². The number of para-hydroxylation sites is 2. The molecule has 1 fully saturated rings. The second-order valence-corrected chi connectivity index (χ2v) is 6.63. The number of anilines is 1. The number of piperazine rings is 1. The summed E-state index contributed by atoms with van der Waals surface area (Å²) in [6.07, 6.45) is 1.68. The Balaban J connectivity index is 1.53. The highest BCUT2D eigenvalue weighted by molar-refractivity contribution is 5.94. The van der Waals surface area contributed by atoms with Crippen molar-refractivity contribution in [2.45, 2.75) is 6.54 Å². The molecule has 0 atom stereocenters. The van der Waals surface area contributed by atoms with E-state index in [4.69, 9.17) is 4.74 Å². The first-order valence-electron chi connectivity index (χ1n) is 9.29. The third-order valence-electron chi connectivity index (χ3n) is 4.83. The summed E-state index contributed by atoms with van der Waals surface area (Å²) < 4.78 is 5.48. The van der Waals surface area contributed by atoms with Gasteiger partial charge in [-0.15, -0.1) is 6.58 Å². The van der Waals surface area contributed by atoms with Crippen molar-refractivity contribution in [1.29, 1.82) is 0 Å². The normalized spacial score (nSPS) is 14.6. The zero-order valence-corrected chi connectivity index (χ0v) is 15.9. The van der Waals surface area contributed by atoms with Gasteiger partial charge in [-0.25, -0.2) is 0 Å². The zero-order valence-electron chi connectivity index (χ0n) is 15.9. The number of methoxy groups -OCH3 is 1. The van der Waals surface area contributed by atoms with E-state index < -0.39 is 0 Å². The molecule has 3 rings (SSSR count). The van der Waals surface area contributed by atoms with Crippen molar-refractivity contribution in [2.24, 2.45) is 0 Å². The zero-order chi connectivity index (χ0) is 19.1. The van der Waals surface area contributed by atoms with Crippen molar-refractivity contribution in [2.75, 3.05) is 44.7 Å². The van der Waals surface area contributed by atoms with Crippen LogP contribution in [0.4, 0.5) is 5.69 Å². The second-order valence-electron chi connectivity index (χ2n) is 6.63. The molecule has 0 spiro atoms. The summed E-state index contributed by atoms with van der Waals surface area (Å²) in [4.78, 5) is 16.8. The average Bonchev–Trinajstić information content (AvgIpc) is 2.73. The Kier molecular flexibility index (Phi) is 6.49. The van der Waals surface area contributed by atoms with Crippen molar-refractivity contribution in [1.82, 2.24) is 10.2 Å². The van der Waals surface area contributed by atoms with E-state index in [9.17, 15) is 4.79 Å². The van der Waals surface area contributed by atoms with Crippen molar-refractivity contribution in [3.8, 4) is 5.75 Å². The Bertz CT molecular complexity index is 765. The first-order valence-corrected chi connectivity index (χ1v) is 9.29. The number of ether oxygens (including phenoxy) is 1. The minimum Gasteiger partial charge on any atom is -0.495 e. The number of amides is 1. The minimum atomic E-state index is -0.0631. The predicted molar refractivity (Wildman–Crippen MR) is 109 cm³/mol. The molecule has 0 aromatic heterocycles. The number of carbonyl (C=O) groups is 1. The number of benzene rings is 2. The number of hydrogen-bond donors (Lipinski definition) is 1. The third-order valence-corrected chi connectivity index (χ3v) is 4.83. The highest BCUT2D eigenvalue weighted by Gasteiger charge is 2.19. The predicted octanol–water partition coefficient (Wildman–Crippen LogP) is 2.93. The average molecular weight is 365 g/mol. The van der Waals surface area contributed by atoms with Crippen LogP contribution >= 0.6 is 0 Å². The molecule has 142 valence electrons. The molecule has 2 aromatic rings. The van der Waals surface area contributed by atoms with Gasteiger partial charge in [0.25, 0.3) is 5.91 Å². The van der Waals surface area contributed by atoms with Crippen LogP contribution in [0.1, 0.15) is 15.9 Å². The van der Waals surface area contributed by atoms with Gasteiger partial charge in [-0.2, -0.15) is 0 Å². The molecular formula is C22H27N3O2. The van der Waals surface area contributed by atoms with Crippen molar-refractivity contribution in [3.05, 3.63) is 72.3 Å². The first-order chi connectivity index (χ1) is 13.2. The Morgan fingerprint density at radius 3 is 2.48 bits per heavy atom. The molecule has 1 aliphatic heterocycles. The fourth-order valence-electron chi connectivity index (χ4n) is 3.32. The summed E-state index contributed by atoms with van der Waals surface area (Å²) in [5.41, 5.74) is 3.07. The molecule has 0 aliphatic carbocycles. The van der Waals surface area contributed by atoms with Crippen LogP contribution in [0.15, 0.2) is 61.2 Å². The van der Waals surface area contributed by atoms with E-state index in [2.05, 4.69) is 33.8 Å². The molecule has 1 heterocycles. The van der Waals surface area contributed by atoms with E-state index in [1.54, 1.807) is 13.2 Å². The van der Waals surface area contributed by atoms with Crippen LogP contribution in [0.5, 0.6) is 5.75 Å². The fraction of sp³-hybridized carbons (Fsp3) is 0.318. The van der Waals surface area contributed by atoms with Crippen LogP contribution in [0.3, 0.4) is 0 Å². The number of nitrogens with one attached hydrogen (secondary N) is 1. The van der Waals surface area contributed by atoms with Crippen molar-refractivity contribution < 1.29 is 9.53 Å². The van der Waals surface area contributed by atoms with E-state index in [0.29, 0.717) is 12.1 Å². The lowest BCUT2D eigenvalue weighted by molar-refractivity contribution is 0.0958. The summed E-state index contributed by atoms with van der Waals surface area (Å²) in [6, 6.07) is 16.0. The number of carbonyl (C=O) groups excluding carboxylic acids is 1. The Hall–Kier alpha value is -2.79. The second kappa shape index (κ2) is 9.24. The highest BCUT2D eigenvalue weighted by Crippen LogP contribution is 2.28. The highest BCUT2D eigenvalue weighted by atomic mass is 16.5. The van der Waals surface area contributed by atoms with Crippen LogP contribution in [-0.4, -0.2) is 50.6 Å². The topological polar surface area (TPSA) is 44.8 Å². The van der Waals surface area contributed by atoms with E-state index in [0.717, 1.165) is 44.2 Å². The van der Waals surface area contributed by atoms with E-state index in [1.807, 2.05) is 36.4 Å². The summed E-state index contributed by atoms with van der Waals surface area (Å²) in [6.45, 7) is 8.94. The molecule has 0 saturated carbocycles. The molecule has 2 aromatic carbocycles. The quantitative estimate of drug-likeness (QED) is 0.767. The fourth-order valence-corrected chi connectivity index (χ4v) is 3.32. The van der Waals surface area contributed by atoms with E-state index in [1.165, 1.54) is 5.56 Å². The molecule has 0 unspecified atom stereocenters. The van der Waals surface area contributed by atoms with Gasteiger partial charge in [-0.05, 0) is 29.8 Å². The smallest absolute Gasteiger partial charge is 0.251 e. The molecule has 5 nitrogen and oxygen atoms in total. The van der Waals surface area contributed by atoms with Gasteiger partial charge in [-0.3, -0.25) is 9.69 Å². The number of nitrogens with zero attached hydrogens (tertiary/aromatic N) is 2. The molecule has 27 heavy (non-hydrogen) atoms. The van der Waals surface area contributed by atoms with Crippen LogP contribution in [0.25, 0.3) is 0 Å². The Labute approximate surface area is 161 Å². The Morgan fingerprint density at radius 2 is 1.81 bits per heavy atom. The molecule has 0 radical (unpaired) electrons. The van der Waals surface area contributed by atoms with Crippen LogP contribution in [0.2, 0.25) is 0 Å². The lowest BCUT2D eigenvalue weighted by Crippen LogP contribution is -2.46. The van der Waals surface area contributed by atoms with Gasteiger partial charge in [0.2, 0.25) is 0 Å². The number of hydrogen-bond acceptors (Lipinski definition) is 4. The van der Waals surface area contributed by atoms with Gasteiger partial charge in [0.1, 0.15) is 5.75 Å². The first kappa shape index (κ1) is 19.0. The maximum Gasteiger partial charge on any atom is 0.251 e. The monoisotopic (exact) mass is 365 g/mol. The molecule has 1 aliphatic rings. The standard InChI is InChI=1S/C22H27N3O2/c1-3-12-23-22(26)19-10-8-18(9-11-19)17-24-13-15-25(16-14-24)20-6-4-5-7-21(20)27-2/h3-11H,1,12-17H2,2H3,(H,23,26). The Morgan fingerprint density at radius 1 is 1.11 bits per heavy atom. The summed E-state index contributed by atoms with van der Waals surface area (Å²) >= 11 is 0. The summed E-state index contributed by atoms with van der Waals surface area (Å²) in [7, 11) is 1.72. The van der Waals surface area contributed by atoms with Crippen molar-refractivity contribution in [3.63, 3.8) is 0 Å². The maximum atomic E-state index is 11.9. The minimum absolute atomic E-state index is 0.0631. The molecule has 1 N–H and O–H groups in total. The van der Waals surface area contributed by atoms with Gasteiger partial charge in [0.15, 0.2) is 0 Å². The van der Waals surface area contributed by atoms with Gasteiger partial charge >= 0.3 is 0 Å². The number of rotatable bonds is 7. The molecule has 5 heteroatoms. The lowest BCUT2D eigenvalue weighted by Gasteiger charge is -2.36. The summed E-state index contributed by atoms with van der Waals surface area (Å²) in [5.74, 6) is 0.864. The van der Waals surface area contributed by atoms with Gasteiger partial charge < -0.3 is 15.0 Å². The largest absolute Gasteiger partial charge is 0.495 e. The summed E-state index contributed by atoms with van der Waals surface area (Å²) in [5, 5.41) is 2.80. The third kappa shape index (κ3) is 4.89. The SMILES string of the molecule is C=CCNC(=O)c1ccc(CN2CCN(c3ccccc3OC)CC2)cc1. The molecule has 1 saturated heterocycles.